The van der Waals surface area contributed by atoms with Crippen LogP contribution in [0.4, 0.5) is 0 Å². The van der Waals surface area contributed by atoms with E-state index in [1.165, 1.54) is 56.7 Å². The predicted octanol–water partition coefficient (Wildman–Crippen LogP) is 3.73. The summed E-state index contributed by atoms with van der Waals surface area (Å²) in [6.45, 7) is 9.96. The van der Waals surface area contributed by atoms with Crippen LogP contribution in [0, 0.1) is 5.92 Å². The molecule has 1 heterocycles. The van der Waals surface area contributed by atoms with Crippen LogP contribution in [0.5, 0.6) is 0 Å². The van der Waals surface area contributed by atoms with E-state index >= 15 is 0 Å². The largest absolute Gasteiger partial charge is 0.379 e. The van der Waals surface area contributed by atoms with Gasteiger partial charge in [-0.3, -0.25) is 9.80 Å². The van der Waals surface area contributed by atoms with Gasteiger partial charge in [0, 0.05) is 66.0 Å². The first-order valence-electron chi connectivity index (χ1n) is 11.6. The zero-order valence-electron chi connectivity index (χ0n) is 18.5. The van der Waals surface area contributed by atoms with E-state index in [1.54, 1.807) is 0 Å². The molecule has 1 aliphatic carbocycles. The molecule has 0 amide bonds. The fourth-order valence-electron chi connectivity index (χ4n) is 4.47. The molecule has 4 rings (SSSR count). The zero-order valence-corrected chi connectivity index (χ0v) is 18.5. The van der Waals surface area contributed by atoms with Crippen molar-refractivity contribution in [2.75, 3.05) is 52.9 Å². The minimum absolute atomic E-state index is 0.229. The van der Waals surface area contributed by atoms with E-state index in [0.717, 1.165) is 32.1 Å². The monoisotopic (exact) mass is 407 g/mol. The molecule has 1 unspecified atom stereocenters. The lowest BCUT2D eigenvalue weighted by Gasteiger charge is -2.37. The topological polar surface area (TPSA) is 19.0 Å². The highest BCUT2D eigenvalue weighted by atomic mass is 16.5. The van der Waals surface area contributed by atoms with Gasteiger partial charge in [0.05, 0.1) is 6.10 Å². The second kappa shape index (κ2) is 11.1. The summed E-state index contributed by atoms with van der Waals surface area (Å²) in [4.78, 5) is 7.79. The van der Waals surface area contributed by atoms with Crippen LogP contribution in [0.15, 0.2) is 60.7 Å². The van der Waals surface area contributed by atoms with Crippen molar-refractivity contribution in [2.24, 2.45) is 5.92 Å². The van der Waals surface area contributed by atoms with Gasteiger partial charge >= 0.3 is 0 Å². The maximum absolute atomic E-state index is 5.96. The molecule has 2 fully saturated rings. The van der Waals surface area contributed by atoms with Crippen molar-refractivity contribution in [1.29, 1.82) is 0 Å². The van der Waals surface area contributed by atoms with E-state index in [4.69, 9.17) is 4.74 Å². The summed E-state index contributed by atoms with van der Waals surface area (Å²) in [5.41, 5.74) is 2.72. The van der Waals surface area contributed by atoms with Gasteiger partial charge in [-0.15, -0.1) is 0 Å². The molecule has 1 atom stereocenters. The number of methoxy groups -OCH3 is 1. The Bertz CT molecular complexity index is 685. The Labute approximate surface area is 182 Å². The molecule has 0 bridgehead atoms. The normalized spacial score (nSPS) is 19.3. The molecule has 4 nitrogen and oxygen atoms in total. The quantitative estimate of drug-likeness (QED) is 0.565. The molecule has 2 aromatic carbocycles. The summed E-state index contributed by atoms with van der Waals surface area (Å²) in [7, 11) is 1.87. The van der Waals surface area contributed by atoms with Crippen LogP contribution in [0.2, 0.25) is 0 Å². The number of piperazine rings is 1. The molecule has 30 heavy (non-hydrogen) atoms. The first kappa shape index (κ1) is 21.5. The fraction of sp³-hybridized carbons (Fsp3) is 0.538. The predicted molar refractivity (Wildman–Crippen MR) is 123 cm³/mol. The Balaban J connectivity index is 1.32. The minimum Gasteiger partial charge on any atom is -0.379 e. The van der Waals surface area contributed by atoms with Crippen molar-refractivity contribution in [2.45, 2.75) is 32.0 Å². The first-order valence-corrected chi connectivity index (χ1v) is 11.6. The highest BCUT2D eigenvalue weighted by Gasteiger charge is 2.27. The Morgan fingerprint density at radius 2 is 1.37 bits per heavy atom. The lowest BCUT2D eigenvalue weighted by atomic mass is 10.1. The molecule has 0 spiro atoms. The standard InChI is InChI=1S/C26H37N3O/c1-30-26(21-28-16-14-27(15-17-28)18-25-12-13-25)22-29(19-23-8-4-2-5-9-23)20-24-10-6-3-7-11-24/h2-11,25-26H,12-22H2,1H3. The van der Waals surface area contributed by atoms with Crippen LogP contribution >= 0.6 is 0 Å². The van der Waals surface area contributed by atoms with Crippen molar-refractivity contribution in [3.63, 3.8) is 0 Å². The summed E-state index contributed by atoms with van der Waals surface area (Å²) >= 11 is 0. The highest BCUT2D eigenvalue weighted by Crippen LogP contribution is 2.29. The van der Waals surface area contributed by atoms with Gasteiger partial charge in [-0.05, 0) is 29.9 Å². The van der Waals surface area contributed by atoms with Crippen molar-refractivity contribution in [3.8, 4) is 0 Å². The third kappa shape index (κ3) is 6.92. The van der Waals surface area contributed by atoms with Gasteiger partial charge in [-0.25, -0.2) is 0 Å². The molecule has 2 aromatic rings. The van der Waals surface area contributed by atoms with Gasteiger partial charge in [0.15, 0.2) is 0 Å². The second-order valence-electron chi connectivity index (χ2n) is 9.04. The number of benzene rings is 2. The SMILES string of the molecule is COC(CN1CCN(CC2CC2)CC1)CN(Cc1ccccc1)Cc1ccccc1. The fourth-order valence-corrected chi connectivity index (χ4v) is 4.47. The molecule has 2 aliphatic rings. The van der Waals surface area contributed by atoms with E-state index in [9.17, 15) is 0 Å². The Kier molecular flexibility index (Phi) is 7.93. The minimum atomic E-state index is 0.229. The highest BCUT2D eigenvalue weighted by molar-refractivity contribution is 5.17. The molecular formula is C26H37N3O. The Hall–Kier alpha value is -1.72. The molecular weight excluding hydrogens is 370 g/mol. The summed E-state index contributed by atoms with van der Waals surface area (Å²) in [5.74, 6) is 0.993. The van der Waals surface area contributed by atoms with Crippen LogP contribution in [-0.2, 0) is 17.8 Å². The summed E-state index contributed by atoms with van der Waals surface area (Å²) in [6.07, 6.45) is 3.13. The number of rotatable bonds is 11. The van der Waals surface area contributed by atoms with Crippen molar-refractivity contribution in [1.82, 2.24) is 14.7 Å². The van der Waals surface area contributed by atoms with E-state index in [2.05, 4.69) is 75.4 Å². The van der Waals surface area contributed by atoms with Crippen molar-refractivity contribution >= 4 is 0 Å². The smallest absolute Gasteiger partial charge is 0.0825 e. The maximum Gasteiger partial charge on any atom is 0.0825 e. The Morgan fingerprint density at radius 1 is 0.833 bits per heavy atom. The third-order valence-corrected chi connectivity index (χ3v) is 6.43. The van der Waals surface area contributed by atoms with E-state index in [0.29, 0.717) is 0 Å². The molecule has 0 aromatic heterocycles. The van der Waals surface area contributed by atoms with Gasteiger partial charge in [0.1, 0.15) is 0 Å². The molecule has 0 N–H and O–H groups in total. The summed E-state index contributed by atoms with van der Waals surface area (Å²) in [5, 5.41) is 0. The van der Waals surface area contributed by atoms with Crippen molar-refractivity contribution in [3.05, 3.63) is 71.8 Å². The van der Waals surface area contributed by atoms with E-state index in [1.807, 2.05) is 7.11 Å². The number of ether oxygens (including phenoxy) is 1. The Morgan fingerprint density at radius 3 is 1.87 bits per heavy atom. The average molecular weight is 408 g/mol. The number of nitrogens with zero attached hydrogens (tertiary/aromatic N) is 3. The molecule has 1 saturated heterocycles. The second-order valence-corrected chi connectivity index (χ2v) is 9.04. The summed E-state index contributed by atoms with van der Waals surface area (Å²) < 4.78 is 5.96. The molecule has 4 heteroatoms. The van der Waals surface area contributed by atoms with E-state index in [-0.39, 0.29) is 6.10 Å². The number of hydrogen-bond acceptors (Lipinski definition) is 4. The van der Waals surface area contributed by atoms with Gasteiger partial charge < -0.3 is 9.64 Å². The molecule has 1 aliphatic heterocycles. The average Bonchev–Trinajstić information content (AvgIpc) is 3.60. The third-order valence-electron chi connectivity index (χ3n) is 6.43. The van der Waals surface area contributed by atoms with Gasteiger partial charge in [-0.2, -0.15) is 0 Å². The van der Waals surface area contributed by atoms with Crippen LogP contribution in [0.25, 0.3) is 0 Å². The van der Waals surface area contributed by atoms with Gasteiger partial charge in [-0.1, -0.05) is 60.7 Å². The number of hydrogen-bond donors (Lipinski definition) is 0. The molecule has 1 saturated carbocycles. The van der Waals surface area contributed by atoms with Gasteiger partial charge in [0.2, 0.25) is 0 Å². The molecule has 162 valence electrons. The van der Waals surface area contributed by atoms with E-state index < -0.39 is 0 Å². The van der Waals surface area contributed by atoms with Crippen LogP contribution < -0.4 is 0 Å². The van der Waals surface area contributed by atoms with Gasteiger partial charge in [0.25, 0.3) is 0 Å². The maximum atomic E-state index is 5.96. The van der Waals surface area contributed by atoms with Crippen LogP contribution in [0.3, 0.4) is 0 Å². The first-order chi connectivity index (χ1) is 14.8. The van der Waals surface area contributed by atoms with Crippen molar-refractivity contribution < 1.29 is 4.74 Å². The summed E-state index contributed by atoms with van der Waals surface area (Å²) in [6, 6.07) is 21.6. The molecule has 0 radical (unpaired) electrons. The zero-order chi connectivity index (χ0) is 20.6. The van der Waals surface area contributed by atoms with Crippen LogP contribution in [-0.4, -0.2) is 73.7 Å². The lowest BCUT2D eigenvalue weighted by molar-refractivity contribution is 0.0172. The lowest BCUT2D eigenvalue weighted by Crippen LogP contribution is -2.50. The van der Waals surface area contributed by atoms with Crippen LogP contribution in [0.1, 0.15) is 24.0 Å².